The van der Waals surface area contributed by atoms with E-state index in [4.69, 9.17) is 9.72 Å². The van der Waals surface area contributed by atoms with Gasteiger partial charge in [0.25, 0.3) is 0 Å². The minimum Gasteiger partial charge on any atom is -0.471 e. The van der Waals surface area contributed by atoms with Crippen molar-refractivity contribution in [3.05, 3.63) is 75.5 Å². The van der Waals surface area contributed by atoms with Gasteiger partial charge in [-0.15, -0.1) is 5.10 Å². The van der Waals surface area contributed by atoms with Gasteiger partial charge in [-0.3, -0.25) is 4.68 Å². The first kappa shape index (κ1) is 17.0. The maximum Gasteiger partial charge on any atom is 0.246 e. The molecule has 0 aliphatic carbocycles. The van der Waals surface area contributed by atoms with E-state index in [2.05, 4.69) is 77.1 Å². The Balaban J connectivity index is 1.56. The molecule has 0 spiro atoms. The van der Waals surface area contributed by atoms with Gasteiger partial charge in [0.15, 0.2) is 0 Å². The van der Waals surface area contributed by atoms with E-state index in [9.17, 15) is 0 Å². The normalized spacial score (nSPS) is 11.0. The molecule has 0 aliphatic rings. The Labute approximate surface area is 166 Å². The molecule has 2 heterocycles. The molecule has 26 heavy (non-hydrogen) atoms. The highest BCUT2D eigenvalue weighted by Crippen LogP contribution is 2.26. The number of aryl methyl sites for hydroxylation is 2. The highest BCUT2D eigenvalue weighted by molar-refractivity contribution is 14.1. The molecule has 4 nitrogen and oxygen atoms in total. The fourth-order valence-electron chi connectivity index (χ4n) is 2.96. The second-order valence-electron chi connectivity index (χ2n) is 6.29. The first-order chi connectivity index (χ1) is 12.6. The van der Waals surface area contributed by atoms with Crippen LogP contribution in [0.1, 0.15) is 11.1 Å². The lowest BCUT2D eigenvalue weighted by atomic mass is 10.0. The number of hydrogen-bond acceptors (Lipinski definition) is 3. The van der Waals surface area contributed by atoms with Gasteiger partial charge in [-0.1, -0.05) is 42.5 Å². The van der Waals surface area contributed by atoms with Crippen molar-refractivity contribution in [2.75, 3.05) is 0 Å². The number of hydrogen-bond donors (Lipinski definition) is 0. The van der Waals surface area contributed by atoms with Crippen LogP contribution in [0, 0.1) is 10.5 Å². The van der Waals surface area contributed by atoms with E-state index in [-0.39, 0.29) is 0 Å². The maximum absolute atomic E-state index is 5.82. The predicted octanol–water partition coefficient (Wildman–Crippen LogP) is 5.13. The molecule has 0 saturated heterocycles. The average Bonchev–Trinajstić information content (AvgIpc) is 2.97. The molecule has 0 fully saturated rings. The summed E-state index contributed by atoms with van der Waals surface area (Å²) in [5, 5.41) is 5.48. The molecule has 4 rings (SSSR count). The summed E-state index contributed by atoms with van der Waals surface area (Å²) in [5.74, 6) is 0.671. The quantitative estimate of drug-likeness (QED) is 0.401. The lowest BCUT2D eigenvalue weighted by Gasteiger charge is -2.09. The molecule has 0 aliphatic heterocycles. The van der Waals surface area contributed by atoms with Gasteiger partial charge in [-0.25, -0.2) is 4.98 Å². The maximum atomic E-state index is 5.82. The van der Waals surface area contributed by atoms with Crippen molar-refractivity contribution in [2.24, 2.45) is 7.05 Å². The van der Waals surface area contributed by atoms with Crippen LogP contribution in [0.3, 0.4) is 0 Å². The van der Waals surface area contributed by atoms with Crippen LogP contribution < -0.4 is 4.74 Å². The standard InChI is InChI=1S/C21H18IN3O/c1-14-11-17-5-3-4-6-19(17)23-20(14)16-9-7-15(8-10-16)13-26-21-18(22)12-25(2)24-21/h3-12H,13H2,1-2H3. The van der Waals surface area contributed by atoms with E-state index in [1.807, 2.05) is 25.4 Å². The summed E-state index contributed by atoms with van der Waals surface area (Å²) in [5.41, 5.74) is 5.44. The van der Waals surface area contributed by atoms with Crippen LogP contribution in [0.5, 0.6) is 5.88 Å². The molecule has 2 aromatic carbocycles. The highest BCUT2D eigenvalue weighted by Gasteiger charge is 2.08. The van der Waals surface area contributed by atoms with Crippen molar-refractivity contribution in [1.82, 2.24) is 14.8 Å². The summed E-state index contributed by atoms with van der Waals surface area (Å²) in [7, 11) is 1.89. The third kappa shape index (κ3) is 3.44. The Morgan fingerprint density at radius 3 is 2.58 bits per heavy atom. The van der Waals surface area contributed by atoms with Gasteiger partial charge in [0.05, 0.1) is 14.8 Å². The Hall–Kier alpha value is -2.41. The fraction of sp³-hybridized carbons (Fsp3) is 0.143. The van der Waals surface area contributed by atoms with Crippen molar-refractivity contribution < 1.29 is 4.74 Å². The van der Waals surface area contributed by atoms with E-state index in [0.717, 1.165) is 25.9 Å². The largest absolute Gasteiger partial charge is 0.471 e. The second kappa shape index (κ2) is 7.07. The van der Waals surface area contributed by atoms with E-state index in [0.29, 0.717) is 12.5 Å². The van der Waals surface area contributed by atoms with Crippen LogP contribution in [0.4, 0.5) is 0 Å². The van der Waals surface area contributed by atoms with Crippen molar-refractivity contribution in [1.29, 1.82) is 0 Å². The van der Waals surface area contributed by atoms with Gasteiger partial charge >= 0.3 is 0 Å². The zero-order chi connectivity index (χ0) is 18.1. The van der Waals surface area contributed by atoms with Crippen molar-refractivity contribution >= 4 is 33.5 Å². The number of ether oxygens (including phenoxy) is 1. The van der Waals surface area contributed by atoms with E-state index >= 15 is 0 Å². The first-order valence-electron chi connectivity index (χ1n) is 8.38. The molecule has 0 radical (unpaired) electrons. The number of para-hydroxylation sites is 1. The Bertz CT molecular complexity index is 1070. The molecule has 4 aromatic rings. The first-order valence-corrected chi connectivity index (χ1v) is 9.46. The molecule has 0 unspecified atom stereocenters. The summed E-state index contributed by atoms with van der Waals surface area (Å²) >= 11 is 2.23. The monoisotopic (exact) mass is 455 g/mol. The van der Waals surface area contributed by atoms with Crippen LogP contribution in [0.25, 0.3) is 22.2 Å². The topological polar surface area (TPSA) is 39.9 Å². The lowest BCUT2D eigenvalue weighted by Crippen LogP contribution is -1.98. The van der Waals surface area contributed by atoms with Crippen LogP contribution in [-0.4, -0.2) is 14.8 Å². The molecule has 130 valence electrons. The number of aromatic nitrogens is 3. The van der Waals surface area contributed by atoms with Crippen LogP contribution in [0.15, 0.2) is 60.8 Å². The zero-order valence-electron chi connectivity index (χ0n) is 14.6. The summed E-state index contributed by atoms with van der Waals surface area (Å²) in [4.78, 5) is 4.84. The minimum atomic E-state index is 0.497. The van der Waals surface area contributed by atoms with Gasteiger partial charge < -0.3 is 4.74 Å². The van der Waals surface area contributed by atoms with Crippen LogP contribution in [-0.2, 0) is 13.7 Å². The fourth-order valence-corrected chi connectivity index (χ4v) is 3.63. The summed E-state index contributed by atoms with van der Waals surface area (Å²) in [6.45, 7) is 2.60. The van der Waals surface area contributed by atoms with Gasteiger partial charge in [0, 0.05) is 24.2 Å². The van der Waals surface area contributed by atoms with Gasteiger partial charge in [-0.2, -0.15) is 0 Å². The summed E-state index contributed by atoms with van der Waals surface area (Å²) in [6, 6.07) is 18.8. The molecule has 0 amide bonds. The Kier molecular flexibility index (Phi) is 4.63. The lowest BCUT2D eigenvalue weighted by molar-refractivity contribution is 0.289. The zero-order valence-corrected chi connectivity index (χ0v) is 16.8. The second-order valence-corrected chi connectivity index (χ2v) is 7.45. The highest BCUT2D eigenvalue weighted by atomic mass is 127. The molecule has 0 atom stereocenters. The Morgan fingerprint density at radius 2 is 1.85 bits per heavy atom. The third-order valence-corrected chi connectivity index (χ3v) is 5.01. The summed E-state index contributed by atoms with van der Waals surface area (Å²) < 4.78 is 8.59. The molecular formula is C21H18IN3O. The third-order valence-electron chi connectivity index (χ3n) is 4.27. The minimum absolute atomic E-state index is 0.497. The SMILES string of the molecule is Cc1cc2ccccc2nc1-c1ccc(COc2nn(C)cc2I)cc1. The number of halogens is 1. The average molecular weight is 455 g/mol. The van der Waals surface area contributed by atoms with E-state index in [1.165, 1.54) is 10.9 Å². The number of pyridine rings is 1. The molecule has 2 aromatic heterocycles. The van der Waals surface area contributed by atoms with Crippen molar-refractivity contribution in [3.8, 4) is 17.1 Å². The van der Waals surface area contributed by atoms with Gasteiger partial charge in [0.1, 0.15) is 6.61 Å². The predicted molar refractivity (Wildman–Crippen MR) is 112 cm³/mol. The number of benzene rings is 2. The Morgan fingerprint density at radius 1 is 1.08 bits per heavy atom. The number of fused-ring (bicyclic) bond motifs is 1. The van der Waals surface area contributed by atoms with E-state index < -0.39 is 0 Å². The van der Waals surface area contributed by atoms with Gasteiger partial charge in [0.2, 0.25) is 5.88 Å². The van der Waals surface area contributed by atoms with Crippen LogP contribution >= 0.6 is 22.6 Å². The van der Waals surface area contributed by atoms with Crippen molar-refractivity contribution in [2.45, 2.75) is 13.5 Å². The van der Waals surface area contributed by atoms with Gasteiger partial charge in [-0.05, 0) is 52.8 Å². The smallest absolute Gasteiger partial charge is 0.246 e. The number of nitrogens with zero attached hydrogens (tertiary/aromatic N) is 3. The number of rotatable bonds is 4. The van der Waals surface area contributed by atoms with Crippen LogP contribution in [0.2, 0.25) is 0 Å². The van der Waals surface area contributed by atoms with Crippen molar-refractivity contribution in [3.63, 3.8) is 0 Å². The molecule has 0 bridgehead atoms. The molecule has 5 heteroatoms. The van der Waals surface area contributed by atoms with E-state index in [1.54, 1.807) is 4.68 Å². The molecule has 0 saturated carbocycles. The molecular weight excluding hydrogens is 437 g/mol. The molecule has 0 N–H and O–H groups in total. The summed E-state index contributed by atoms with van der Waals surface area (Å²) in [6.07, 6.45) is 1.94.